The summed E-state index contributed by atoms with van der Waals surface area (Å²) in [6, 6.07) is 4.83. The lowest BCUT2D eigenvalue weighted by Gasteiger charge is -2.08. The molecule has 0 bridgehead atoms. The third-order valence-corrected chi connectivity index (χ3v) is 3.17. The number of hydrogen-bond donors (Lipinski definition) is 1. The summed E-state index contributed by atoms with van der Waals surface area (Å²) in [7, 11) is 0. The van der Waals surface area contributed by atoms with E-state index in [1.165, 1.54) is 0 Å². The molecule has 0 radical (unpaired) electrons. The average molecular weight is 359 g/mol. The minimum absolute atomic E-state index is 0.00397. The van der Waals surface area contributed by atoms with Crippen LogP contribution in [0.2, 0.25) is 5.02 Å². The van der Waals surface area contributed by atoms with Crippen LogP contribution in [0, 0.1) is 0 Å². The van der Waals surface area contributed by atoms with E-state index in [1.807, 2.05) is 0 Å². The van der Waals surface area contributed by atoms with Crippen LogP contribution in [-0.2, 0) is 0 Å². The molecule has 2 nitrogen and oxygen atoms in total. The Morgan fingerprint density at radius 1 is 1.32 bits per heavy atom. The highest BCUT2D eigenvalue weighted by atomic mass is 79.9. The van der Waals surface area contributed by atoms with Crippen LogP contribution >= 0.6 is 27.5 Å². The third-order valence-electron chi connectivity index (χ3n) is 2.35. The molecule has 0 aliphatic carbocycles. The van der Waals surface area contributed by atoms with Crippen molar-refractivity contribution >= 4 is 33.4 Å². The Kier molecular flexibility index (Phi) is 6.13. The van der Waals surface area contributed by atoms with E-state index in [1.54, 1.807) is 18.2 Å². The number of carbonyl (C=O) groups excluding carboxylic acids is 1. The summed E-state index contributed by atoms with van der Waals surface area (Å²) in [5.41, 5.74) is 0.298. The van der Waals surface area contributed by atoms with Gasteiger partial charge in [-0.3, -0.25) is 4.79 Å². The summed E-state index contributed by atoms with van der Waals surface area (Å²) < 4.78 is 36.4. The Hall–Kier alpha value is -0.750. The van der Waals surface area contributed by atoms with Gasteiger partial charge in [0, 0.05) is 17.4 Å². The maximum Gasteiger partial charge on any atom is 0.389 e. The molecule has 0 aromatic heterocycles. The topological polar surface area (TPSA) is 29.1 Å². The summed E-state index contributed by atoms with van der Waals surface area (Å²) >= 11 is 9.08. The summed E-state index contributed by atoms with van der Waals surface area (Å²) in [5, 5.41) is 2.84. The van der Waals surface area contributed by atoms with E-state index in [2.05, 4.69) is 21.2 Å². The molecule has 19 heavy (non-hydrogen) atoms. The lowest BCUT2D eigenvalue weighted by molar-refractivity contribution is -0.135. The third kappa shape index (κ3) is 6.29. The normalized spacial score (nSPS) is 11.4. The van der Waals surface area contributed by atoms with Crippen molar-refractivity contribution in [1.29, 1.82) is 0 Å². The van der Waals surface area contributed by atoms with Crippen molar-refractivity contribution in [2.75, 3.05) is 6.54 Å². The van der Waals surface area contributed by atoms with Gasteiger partial charge in [-0.05, 0) is 31.0 Å². The molecular formula is C12H12BrClF3NO. The first-order valence-corrected chi connectivity index (χ1v) is 6.77. The Labute approximate surface area is 122 Å². The van der Waals surface area contributed by atoms with Crippen molar-refractivity contribution in [3.05, 3.63) is 33.3 Å². The van der Waals surface area contributed by atoms with Crippen molar-refractivity contribution in [1.82, 2.24) is 5.32 Å². The number of nitrogens with one attached hydrogen (secondary N) is 1. The second-order valence-corrected chi connectivity index (χ2v) is 5.28. The van der Waals surface area contributed by atoms with Crippen LogP contribution in [0.3, 0.4) is 0 Å². The van der Waals surface area contributed by atoms with E-state index in [0.29, 0.717) is 15.1 Å². The largest absolute Gasteiger partial charge is 0.389 e. The Bertz CT molecular complexity index is 451. The van der Waals surface area contributed by atoms with E-state index >= 15 is 0 Å². The maximum atomic E-state index is 11.9. The molecule has 0 saturated heterocycles. The second-order valence-electron chi connectivity index (χ2n) is 3.95. The smallest absolute Gasteiger partial charge is 0.352 e. The lowest BCUT2D eigenvalue weighted by atomic mass is 10.2. The Morgan fingerprint density at radius 2 is 2.00 bits per heavy atom. The molecule has 1 amide bonds. The highest BCUT2D eigenvalue weighted by Gasteiger charge is 2.25. The summed E-state index contributed by atoms with van der Waals surface area (Å²) in [6.07, 6.45) is -4.70. The van der Waals surface area contributed by atoms with E-state index in [4.69, 9.17) is 11.6 Å². The van der Waals surface area contributed by atoms with Gasteiger partial charge in [-0.25, -0.2) is 0 Å². The van der Waals surface area contributed by atoms with Crippen LogP contribution in [0.4, 0.5) is 13.2 Å². The number of carbonyl (C=O) groups is 1. The van der Waals surface area contributed by atoms with Gasteiger partial charge in [0.05, 0.1) is 10.6 Å². The minimum atomic E-state index is -4.14. The van der Waals surface area contributed by atoms with Gasteiger partial charge in [0.2, 0.25) is 0 Å². The van der Waals surface area contributed by atoms with Gasteiger partial charge >= 0.3 is 6.18 Å². The molecule has 0 aliphatic heterocycles. The molecule has 1 aromatic carbocycles. The summed E-state index contributed by atoms with van der Waals surface area (Å²) in [5.74, 6) is -0.390. The SMILES string of the molecule is O=C(NCCCCC(F)(F)F)c1cc(Br)ccc1Cl. The van der Waals surface area contributed by atoms with Gasteiger partial charge < -0.3 is 5.32 Å². The minimum Gasteiger partial charge on any atom is -0.352 e. The van der Waals surface area contributed by atoms with Gasteiger partial charge in [-0.2, -0.15) is 13.2 Å². The standard InChI is InChI=1S/C12H12BrClF3NO/c13-8-3-4-10(14)9(7-8)11(19)18-6-2-1-5-12(15,16)17/h3-4,7H,1-2,5-6H2,(H,18,19). The fraction of sp³-hybridized carbons (Fsp3) is 0.417. The molecule has 0 atom stereocenters. The quantitative estimate of drug-likeness (QED) is 0.768. The van der Waals surface area contributed by atoms with Gasteiger partial charge in [-0.1, -0.05) is 27.5 Å². The van der Waals surface area contributed by atoms with Gasteiger partial charge in [0.25, 0.3) is 5.91 Å². The van der Waals surface area contributed by atoms with Crippen LogP contribution in [0.5, 0.6) is 0 Å². The number of halogens is 5. The van der Waals surface area contributed by atoms with E-state index in [0.717, 1.165) is 0 Å². The number of benzene rings is 1. The Balaban J connectivity index is 2.38. The van der Waals surface area contributed by atoms with Crippen LogP contribution in [0.1, 0.15) is 29.6 Å². The first-order chi connectivity index (χ1) is 8.79. The van der Waals surface area contributed by atoms with E-state index in [-0.39, 0.29) is 19.4 Å². The molecule has 106 valence electrons. The molecule has 0 heterocycles. The first-order valence-electron chi connectivity index (χ1n) is 5.59. The maximum absolute atomic E-state index is 11.9. The van der Waals surface area contributed by atoms with Crippen LogP contribution in [0.25, 0.3) is 0 Å². The van der Waals surface area contributed by atoms with Gasteiger partial charge in [-0.15, -0.1) is 0 Å². The fourth-order valence-corrected chi connectivity index (χ4v) is 1.98. The van der Waals surface area contributed by atoms with E-state index < -0.39 is 18.5 Å². The molecule has 0 spiro atoms. The van der Waals surface area contributed by atoms with Crippen molar-refractivity contribution < 1.29 is 18.0 Å². The van der Waals surface area contributed by atoms with Crippen molar-refractivity contribution in [3.63, 3.8) is 0 Å². The predicted molar refractivity (Wildman–Crippen MR) is 71.4 cm³/mol. The highest BCUT2D eigenvalue weighted by molar-refractivity contribution is 9.10. The summed E-state index contributed by atoms with van der Waals surface area (Å²) in [4.78, 5) is 11.7. The van der Waals surface area contributed by atoms with Gasteiger partial charge in [0.1, 0.15) is 0 Å². The number of amides is 1. The first kappa shape index (κ1) is 16.3. The molecule has 0 unspecified atom stereocenters. The zero-order valence-corrected chi connectivity index (χ0v) is 12.2. The molecule has 0 saturated carbocycles. The van der Waals surface area contributed by atoms with Crippen LogP contribution in [-0.4, -0.2) is 18.6 Å². The van der Waals surface area contributed by atoms with Crippen molar-refractivity contribution in [2.45, 2.75) is 25.4 Å². The van der Waals surface area contributed by atoms with Crippen molar-refractivity contribution in [2.24, 2.45) is 0 Å². The molecular weight excluding hydrogens is 346 g/mol. The Morgan fingerprint density at radius 3 is 2.63 bits per heavy atom. The highest BCUT2D eigenvalue weighted by Crippen LogP contribution is 2.22. The molecule has 0 aliphatic rings. The van der Waals surface area contributed by atoms with Gasteiger partial charge in [0.15, 0.2) is 0 Å². The predicted octanol–water partition coefficient (Wildman–Crippen LogP) is 4.56. The number of alkyl halides is 3. The molecule has 7 heteroatoms. The molecule has 1 aromatic rings. The van der Waals surface area contributed by atoms with Crippen molar-refractivity contribution in [3.8, 4) is 0 Å². The summed E-state index contributed by atoms with van der Waals surface area (Å²) in [6.45, 7) is 0.192. The molecule has 1 N–H and O–H groups in total. The zero-order chi connectivity index (χ0) is 14.5. The fourth-order valence-electron chi connectivity index (χ4n) is 1.42. The number of hydrogen-bond acceptors (Lipinski definition) is 1. The second kappa shape index (κ2) is 7.14. The molecule has 0 fully saturated rings. The van der Waals surface area contributed by atoms with E-state index in [9.17, 15) is 18.0 Å². The monoisotopic (exact) mass is 357 g/mol. The zero-order valence-electron chi connectivity index (χ0n) is 9.86. The van der Waals surface area contributed by atoms with Crippen LogP contribution < -0.4 is 5.32 Å². The van der Waals surface area contributed by atoms with Crippen LogP contribution in [0.15, 0.2) is 22.7 Å². The average Bonchev–Trinajstić information content (AvgIpc) is 2.30. The molecule has 1 rings (SSSR count). The number of rotatable bonds is 5. The number of unbranched alkanes of at least 4 members (excludes halogenated alkanes) is 1. The lowest BCUT2D eigenvalue weighted by Crippen LogP contribution is -2.25.